The summed E-state index contributed by atoms with van der Waals surface area (Å²) in [6.07, 6.45) is 2.32. The van der Waals surface area contributed by atoms with Crippen LogP contribution in [0.2, 0.25) is 0 Å². The van der Waals surface area contributed by atoms with Crippen molar-refractivity contribution in [2.75, 3.05) is 19.8 Å². The van der Waals surface area contributed by atoms with E-state index in [1.807, 2.05) is 0 Å². The number of nitrogens with one attached hydrogen (secondary N) is 1. The van der Waals surface area contributed by atoms with Crippen LogP contribution in [0.1, 0.15) is 64.7 Å². The van der Waals surface area contributed by atoms with Gasteiger partial charge in [0.15, 0.2) is 0 Å². The highest BCUT2D eigenvalue weighted by atomic mass is 31.3. The first-order chi connectivity index (χ1) is 19.0. The molecule has 0 radical (unpaired) electrons. The average Bonchev–Trinajstić information content (AvgIpc) is 3.22. The minimum Gasteiger partial charge on any atom is -0.481 e. The van der Waals surface area contributed by atoms with Gasteiger partial charge >= 0.3 is 29.4 Å². The molecule has 0 aromatic heterocycles. The highest BCUT2D eigenvalue weighted by Gasteiger charge is 2.44. The van der Waals surface area contributed by atoms with Gasteiger partial charge in [-0.15, -0.1) is 0 Å². The molecule has 2 fully saturated rings. The van der Waals surface area contributed by atoms with Gasteiger partial charge < -0.3 is 39.7 Å². The number of phosphoric acid groups is 3. The van der Waals surface area contributed by atoms with Gasteiger partial charge in [0.1, 0.15) is 11.9 Å². The summed E-state index contributed by atoms with van der Waals surface area (Å²) >= 11 is 0. The molecule has 238 valence electrons. The highest BCUT2D eigenvalue weighted by Crippen LogP contribution is 2.67. The largest absolute Gasteiger partial charge is 0.490 e. The van der Waals surface area contributed by atoms with Crippen molar-refractivity contribution in [3.05, 3.63) is 0 Å². The van der Waals surface area contributed by atoms with Gasteiger partial charge in [-0.25, -0.2) is 13.7 Å². The zero-order valence-corrected chi connectivity index (χ0v) is 25.1. The third-order valence-corrected chi connectivity index (χ3v) is 10.8. The number of aliphatic carboxylic acids is 1. The summed E-state index contributed by atoms with van der Waals surface area (Å²) in [5.41, 5.74) is 0. The first-order valence-electron chi connectivity index (χ1n) is 13.0. The predicted octanol–water partition coefficient (Wildman–Crippen LogP) is 2.03. The van der Waals surface area contributed by atoms with Crippen LogP contribution >= 0.6 is 23.5 Å². The molecule has 41 heavy (non-hydrogen) atoms. The first kappa shape index (κ1) is 36.1. The van der Waals surface area contributed by atoms with Crippen LogP contribution in [0.3, 0.4) is 0 Å². The molecule has 6 N–H and O–H groups in total. The topological polar surface area (TPSA) is 262 Å². The molecule has 0 aromatic carbocycles. The maximum Gasteiger partial charge on any atom is 0.490 e. The lowest BCUT2D eigenvalue weighted by Gasteiger charge is -2.27. The fourth-order valence-corrected chi connectivity index (χ4v) is 8.17. The lowest BCUT2D eigenvalue weighted by molar-refractivity contribution is -0.138. The molecule has 20 heteroatoms. The number of ether oxygens (including phenoxy) is 1. The van der Waals surface area contributed by atoms with E-state index in [2.05, 4.69) is 23.0 Å². The molecular weight excluding hydrogens is 615 g/mol. The van der Waals surface area contributed by atoms with Gasteiger partial charge in [0.25, 0.3) is 0 Å². The summed E-state index contributed by atoms with van der Waals surface area (Å²) in [7, 11) is -16.5. The van der Waals surface area contributed by atoms with Gasteiger partial charge in [-0.05, 0) is 32.1 Å². The van der Waals surface area contributed by atoms with Gasteiger partial charge in [-0.1, -0.05) is 19.3 Å². The lowest BCUT2D eigenvalue weighted by Crippen LogP contribution is -2.34. The summed E-state index contributed by atoms with van der Waals surface area (Å²) in [5.74, 6) is -3.00. The Morgan fingerprint density at radius 2 is 1.59 bits per heavy atom. The van der Waals surface area contributed by atoms with Crippen molar-refractivity contribution in [3.8, 4) is 0 Å². The van der Waals surface area contributed by atoms with Gasteiger partial charge in [0.2, 0.25) is 5.91 Å². The number of hydrogen-bond acceptors (Lipinski definition) is 12. The smallest absolute Gasteiger partial charge is 0.481 e. The predicted molar refractivity (Wildman–Crippen MR) is 138 cm³/mol. The Hall–Kier alpha value is -1.06. The van der Waals surface area contributed by atoms with E-state index in [0.29, 0.717) is 6.42 Å². The molecule has 1 saturated carbocycles. The summed E-state index contributed by atoms with van der Waals surface area (Å²) in [5, 5.41) is 21.3. The van der Waals surface area contributed by atoms with E-state index in [1.54, 1.807) is 0 Å². The van der Waals surface area contributed by atoms with E-state index >= 15 is 0 Å². The van der Waals surface area contributed by atoms with Crippen molar-refractivity contribution in [2.24, 2.45) is 11.8 Å². The van der Waals surface area contributed by atoms with Crippen LogP contribution in [0.15, 0.2) is 0 Å². The second-order valence-electron chi connectivity index (χ2n) is 9.94. The molecule has 5 unspecified atom stereocenters. The molecular formula is C21H38NO16P3. The third-order valence-electron chi connectivity index (χ3n) is 6.51. The number of carboxylic acids is 1. The summed E-state index contributed by atoms with van der Waals surface area (Å²) in [6.45, 7) is -0.661. The number of ketones is 1. The maximum absolute atomic E-state index is 12.2. The molecule has 0 aromatic rings. The van der Waals surface area contributed by atoms with Crippen LogP contribution in [0.25, 0.3) is 0 Å². The third kappa shape index (κ3) is 13.8. The lowest BCUT2D eigenvalue weighted by atomic mass is 9.84. The van der Waals surface area contributed by atoms with E-state index in [1.165, 1.54) is 6.92 Å². The fraction of sp³-hybridized carbons (Fsp3) is 0.857. The average molecular weight is 653 g/mol. The molecule has 2 aliphatic rings. The zero-order chi connectivity index (χ0) is 30.8. The minimum atomic E-state index is -5.72. The Morgan fingerprint density at radius 1 is 0.976 bits per heavy atom. The number of Topliss-reactive ketones (excluding diaryl/α,β-unsaturated/α-hetero) is 1. The number of rotatable bonds is 18. The van der Waals surface area contributed by atoms with Crippen molar-refractivity contribution < 1.29 is 75.4 Å². The molecule has 1 saturated heterocycles. The van der Waals surface area contributed by atoms with Crippen LogP contribution < -0.4 is 5.32 Å². The van der Waals surface area contributed by atoms with Gasteiger partial charge in [-0.2, -0.15) is 8.62 Å². The standard InChI is InChI=1S/C21H38NO16P3/c1-14(23)11-16(7-8-20(25)26)21(27)22-9-10-34-39(28,29)37-41(32,33)38-40(30,31)35-13-19-17(24)12-18(36-19)15-5-3-2-4-6-15/h15-19,24H,2-13H2,1H3,(H,22,27)(H,25,26)(H,28,29)(H,30,31)(H,32,33)/t16?,17?,18-,19-/m1/s1. The van der Waals surface area contributed by atoms with Crippen molar-refractivity contribution in [1.29, 1.82) is 0 Å². The van der Waals surface area contributed by atoms with Gasteiger partial charge in [0, 0.05) is 31.7 Å². The molecule has 17 nitrogen and oxygen atoms in total. The highest BCUT2D eigenvalue weighted by molar-refractivity contribution is 7.66. The second-order valence-corrected chi connectivity index (χ2v) is 14.6. The van der Waals surface area contributed by atoms with Crippen LogP contribution in [0.5, 0.6) is 0 Å². The molecule has 0 bridgehead atoms. The molecule has 1 aliphatic heterocycles. The van der Waals surface area contributed by atoms with Crippen molar-refractivity contribution in [2.45, 2.75) is 83.0 Å². The minimum absolute atomic E-state index is 0.134. The Labute approximate surface area is 236 Å². The number of hydrogen-bond donors (Lipinski definition) is 6. The SMILES string of the molecule is CC(=O)CC(CCC(=O)O)C(=O)NCCOP(=O)(O)OP(=O)(O)OP(=O)(O)OC[C@H]1O[C@@H](C2CCCCC2)CC1O. The Morgan fingerprint density at radius 3 is 2.17 bits per heavy atom. The van der Waals surface area contributed by atoms with Crippen LogP contribution in [0, 0.1) is 11.8 Å². The van der Waals surface area contributed by atoms with Crippen molar-refractivity contribution in [1.82, 2.24) is 5.32 Å². The normalized spacial score (nSPS) is 26.8. The molecule has 7 atom stereocenters. The van der Waals surface area contributed by atoms with Crippen LogP contribution in [-0.4, -0.2) is 80.6 Å². The number of carbonyl (C=O) groups excluding carboxylic acids is 2. The van der Waals surface area contributed by atoms with E-state index in [-0.39, 0.29) is 37.1 Å². The summed E-state index contributed by atoms with van der Waals surface area (Å²) in [6, 6.07) is 0. The molecule has 1 heterocycles. The molecule has 1 aliphatic carbocycles. The summed E-state index contributed by atoms with van der Waals surface area (Å²) < 4.78 is 59.1. The Kier molecular flexibility index (Phi) is 14.2. The monoisotopic (exact) mass is 653 g/mol. The molecule has 2 rings (SSSR count). The first-order valence-corrected chi connectivity index (χ1v) is 17.5. The Balaban J connectivity index is 1.78. The number of carboxylic acid groups (broad SMARTS) is 1. The van der Waals surface area contributed by atoms with E-state index in [4.69, 9.17) is 9.84 Å². The van der Waals surface area contributed by atoms with Crippen LogP contribution in [0.4, 0.5) is 0 Å². The molecule has 1 amide bonds. The second kappa shape index (κ2) is 16.1. The number of phosphoric ester groups is 2. The van der Waals surface area contributed by atoms with Crippen molar-refractivity contribution in [3.63, 3.8) is 0 Å². The zero-order valence-electron chi connectivity index (χ0n) is 22.4. The summed E-state index contributed by atoms with van der Waals surface area (Å²) in [4.78, 5) is 63.5. The number of amides is 1. The van der Waals surface area contributed by atoms with Gasteiger partial charge in [0.05, 0.1) is 25.4 Å². The molecule has 0 spiro atoms. The van der Waals surface area contributed by atoms with E-state index in [9.17, 15) is 47.9 Å². The van der Waals surface area contributed by atoms with E-state index in [0.717, 1.165) is 32.1 Å². The van der Waals surface area contributed by atoms with Crippen molar-refractivity contribution >= 4 is 41.1 Å². The maximum atomic E-state index is 12.2. The number of carbonyl (C=O) groups is 3. The number of aliphatic hydroxyl groups is 1. The van der Waals surface area contributed by atoms with Crippen LogP contribution in [-0.2, 0) is 50.5 Å². The van der Waals surface area contributed by atoms with E-state index < -0.39 is 73.2 Å². The fourth-order valence-electron chi connectivity index (χ4n) is 4.66. The number of aliphatic hydroxyl groups excluding tert-OH is 1. The Bertz CT molecular complexity index is 1050. The van der Waals surface area contributed by atoms with Gasteiger partial charge in [-0.3, -0.25) is 18.6 Å². The quantitative estimate of drug-likeness (QED) is 0.0913.